The van der Waals surface area contributed by atoms with E-state index in [1.54, 1.807) is 43.3 Å². The summed E-state index contributed by atoms with van der Waals surface area (Å²) in [5.41, 5.74) is 1.29. The highest BCUT2D eigenvalue weighted by atomic mass is 35.5. The smallest absolute Gasteiger partial charge is 0.330 e. The van der Waals surface area contributed by atoms with Crippen LogP contribution in [0.3, 0.4) is 0 Å². The van der Waals surface area contributed by atoms with E-state index in [-0.39, 0.29) is 0 Å². The fourth-order valence-electron chi connectivity index (χ4n) is 1.81. The number of hydrogen-bond acceptors (Lipinski definition) is 2. The Hall–Kier alpha value is -2.07. The van der Waals surface area contributed by atoms with Crippen LogP contribution < -0.4 is 5.32 Å². The Bertz CT molecular complexity index is 646. The third-order valence-corrected chi connectivity index (χ3v) is 3.28. The largest absolute Gasteiger partial charge is 0.479 e. The summed E-state index contributed by atoms with van der Waals surface area (Å²) in [6, 6.07) is 10.1. The first-order valence-electron chi connectivity index (χ1n) is 5.99. The molecular formula is C15H13ClFNO2. The summed E-state index contributed by atoms with van der Waals surface area (Å²) in [5, 5.41) is 12.5. The van der Waals surface area contributed by atoms with Crippen molar-refractivity contribution in [3.63, 3.8) is 0 Å². The predicted octanol–water partition coefficient (Wildman–Crippen LogP) is 4.03. The van der Waals surface area contributed by atoms with Gasteiger partial charge >= 0.3 is 5.97 Å². The predicted molar refractivity (Wildman–Crippen MR) is 76.6 cm³/mol. The average molecular weight is 294 g/mol. The van der Waals surface area contributed by atoms with E-state index in [0.29, 0.717) is 21.8 Å². The monoisotopic (exact) mass is 293 g/mol. The normalized spacial score (nSPS) is 11.9. The number of carbonyl (C=O) groups is 1. The molecule has 0 amide bonds. The highest BCUT2D eigenvalue weighted by Crippen LogP contribution is 2.27. The summed E-state index contributed by atoms with van der Waals surface area (Å²) in [6.45, 7) is 1.62. The van der Waals surface area contributed by atoms with E-state index < -0.39 is 17.8 Å². The second-order valence-corrected chi connectivity index (χ2v) is 4.81. The van der Waals surface area contributed by atoms with Crippen molar-refractivity contribution in [2.24, 2.45) is 0 Å². The number of carboxylic acid groups (broad SMARTS) is 1. The molecule has 104 valence electrons. The number of carboxylic acids is 1. The van der Waals surface area contributed by atoms with Gasteiger partial charge in [-0.15, -0.1) is 0 Å². The first kappa shape index (κ1) is 14.3. The maximum atomic E-state index is 13.6. The molecule has 2 aromatic carbocycles. The van der Waals surface area contributed by atoms with E-state index >= 15 is 0 Å². The molecule has 0 saturated carbocycles. The quantitative estimate of drug-likeness (QED) is 0.895. The van der Waals surface area contributed by atoms with Crippen LogP contribution in [-0.2, 0) is 4.79 Å². The number of anilines is 1. The number of rotatable bonds is 4. The fourth-order valence-corrected chi connectivity index (χ4v) is 2.00. The molecule has 0 saturated heterocycles. The van der Waals surface area contributed by atoms with Crippen LogP contribution in [0, 0.1) is 12.7 Å². The first-order chi connectivity index (χ1) is 9.49. The topological polar surface area (TPSA) is 49.3 Å². The summed E-state index contributed by atoms with van der Waals surface area (Å²) >= 11 is 5.99. The number of benzene rings is 2. The molecule has 0 spiro atoms. The van der Waals surface area contributed by atoms with Crippen molar-refractivity contribution < 1.29 is 14.3 Å². The Morgan fingerprint density at radius 1 is 1.30 bits per heavy atom. The van der Waals surface area contributed by atoms with Crippen molar-refractivity contribution in [2.75, 3.05) is 5.32 Å². The van der Waals surface area contributed by atoms with Crippen LogP contribution in [0.1, 0.15) is 17.2 Å². The standard InChI is InChI=1S/C15H13ClFNO2/c1-9-6-7-10(8-12(9)17)14(15(19)20)18-13-5-3-2-4-11(13)16/h2-8,14,18H,1H3,(H,19,20). The van der Waals surface area contributed by atoms with Crippen LogP contribution >= 0.6 is 11.6 Å². The molecule has 3 nitrogen and oxygen atoms in total. The minimum atomic E-state index is -1.10. The molecule has 20 heavy (non-hydrogen) atoms. The second kappa shape index (κ2) is 5.92. The van der Waals surface area contributed by atoms with Gasteiger partial charge in [0.05, 0.1) is 10.7 Å². The molecular weight excluding hydrogens is 281 g/mol. The number of nitrogens with one attached hydrogen (secondary N) is 1. The molecule has 0 aliphatic heterocycles. The van der Waals surface area contributed by atoms with Crippen molar-refractivity contribution in [1.29, 1.82) is 0 Å². The Labute approximate surface area is 121 Å². The lowest BCUT2D eigenvalue weighted by atomic mass is 10.0. The van der Waals surface area contributed by atoms with Crippen molar-refractivity contribution >= 4 is 23.3 Å². The zero-order valence-electron chi connectivity index (χ0n) is 10.7. The lowest BCUT2D eigenvalue weighted by Crippen LogP contribution is -2.20. The zero-order chi connectivity index (χ0) is 14.7. The Kier molecular flexibility index (Phi) is 4.25. The van der Waals surface area contributed by atoms with Gasteiger partial charge in [0.2, 0.25) is 0 Å². The summed E-state index contributed by atoms with van der Waals surface area (Å²) in [4.78, 5) is 11.4. The van der Waals surface area contributed by atoms with Crippen LogP contribution in [0.15, 0.2) is 42.5 Å². The first-order valence-corrected chi connectivity index (χ1v) is 6.37. The molecule has 5 heteroatoms. The molecule has 0 aliphatic rings. The highest BCUT2D eigenvalue weighted by molar-refractivity contribution is 6.33. The van der Waals surface area contributed by atoms with Crippen LogP contribution in [0.2, 0.25) is 5.02 Å². The summed E-state index contributed by atoms with van der Waals surface area (Å²) in [6.07, 6.45) is 0. The SMILES string of the molecule is Cc1ccc(C(Nc2ccccc2Cl)C(=O)O)cc1F. The lowest BCUT2D eigenvalue weighted by molar-refractivity contribution is -0.138. The second-order valence-electron chi connectivity index (χ2n) is 4.40. The fraction of sp³-hybridized carbons (Fsp3) is 0.133. The highest BCUT2D eigenvalue weighted by Gasteiger charge is 2.21. The van der Waals surface area contributed by atoms with Gasteiger partial charge in [-0.3, -0.25) is 0 Å². The minimum Gasteiger partial charge on any atom is -0.479 e. The van der Waals surface area contributed by atoms with Crippen molar-refractivity contribution in [3.05, 3.63) is 64.4 Å². The summed E-state index contributed by atoms with van der Waals surface area (Å²) in [5.74, 6) is -1.54. The van der Waals surface area contributed by atoms with Gasteiger partial charge in [-0.05, 0) is 36.2 Å². The molecule has 0 bridgehead atoms. The third-order valence-electron chi connectivity index (χ3n) is 2.95. The molecule has 2 aromatic rings. The van der Waals surface area contributed by atoms with Crippen LogP contribution in [0.25, 0.3) is 0 Å². The van der Waals surface area contributed by atoms with Crippen LogP contribution in [-0.4, -0.2) is 11.1 Å². The molecule has 0 radical (unpaired) electrons. The van der Waals surface area contributed by atoms with E-state index in [4.69, 9.17) is 11.6 Å². The molecule has 2 N–H and O–H groups in total. The average Bonchev–Trinajstić information content (AvgIpc) is 2.41. The third kappa shape index (κ3) is 3.08. The van der Waals surface area contributed by atoms with Crippen molar-refractivity contribution in [3.8, 4) is 0 Å². The zero-order valence-corrected chi connectivity index (χ0v) is 11.5. The Morgan fingerprint density at radius 2 is 2.00 bits per heavy atom. The van der Waals surface area contributed by atoms with E-state index in [1.807, 2.05) is 0 Å². The molecule has 1 unspecified atom stereocenters. The maximum Gasteiger partial charge on any atom is 0.330 e. The van der Waals surface area contributed by atoms with Gasteiger partial charge in [-0.1, -0.05) is 35.9 Å². The Balaban J connectivity index is 2.34. The molecule has 2 rings (SSSR count). The molecule has 0 fully saturated rings. The van der Waals surface area contributed by atoms with Gasteiger partial charge in [0, 0.05) is 0 Å². The van der Waals surface area contributed by atoms with Gasteiger partial charge in [-0.25, -0.2) is 9.18 Å². The number of para-hydroxylation sites is 1. The lowest BCUT2D eigenvalue weighted by Gasteiger charge is -2.17. The van der Waals surface area contributed by atoms with Crippen molar-refractivity contribution in [2.45, 2.75) is 13.0 Å². The van der Waals surface area contributed by atoms with Crippen LogP contribution in [0.4, 0.5) is 10.1 Å². The number of hydrogen-bond donors (Lipinski definition) is 2. The summed E-state index contributed by atoms with van der Waals surface area (Å²) < 4.78 is 13.6. The minimum absolute atomic E-state index is 0.334. The molecule has 0 aromatic heterocycles. The van der Waals surface area contributed by atoms with Gasteiger partial charge in [0.15, 0.2) is 6.04 Å². The van der Waals surface area contributed by atoms with Crippen LogP contribution in [0.5, 0.6) is 0 Å². The molecule has 1 atom stereocenters. The van der Waals surface area contributed by atoms with E-state index in [0.717, 1.165) is 0 Å². The van der Waals surface area contributed by atoms with E-state index in [9.17, 15) is 14.3 Å². The van der Waals surface area contributed by atoms with Crippen molar-refractivity contribution in [1.82, 2.24) is 0 Å². The molecule has 0 aliphatic carbocycles. The maximum absolute atomic E-state index is 13.6. The van der Waals surface area contributed by atoms with Gasteiger partial charge in [-0.2, -0.15) is 0 Å². The van der Waals surface area contributed by atoms with E-state index in [2.05, 4.69) is 5.32 Å². The molecule has 0 heterocycles. The Morgan fingerprint density at radius 3 is 2.60 bits per heavy atom. The van der Waals surface area contributed by atoms with E-state index in [1.165, 1.54) is 6.07 Å². The van der Waals surface area contributed by atoms with Gasteiger partial charge in [0.25, 0.3) is 0 Å². The number of aliphatic carboxylic acids is 1. The number of aryl methyl sites for hydroxylation is 1. The van der Waals surface area contributed by atoms with Gasteiger partial charge in [0.1, 0.15) is 5.82 Å². The number of halogens is 2. The summed E-state index contributed by atoms with van der Waals surface area (Å²) in [7, 11) is 0. The van der Waals surface area contributed by atoms with Gasteiger partial charge < -0.3 is 10.4 Å².